The zero-order valence-electron chi connectivity index (χ0n) is 15.6. The van der Waals surface area contributed by atoms with E-state index in [-0.39, 0.29) is 30.2 Å². The Hall–Kier alpha value is -3.20. The quantitative estimate of drug-likeness (QED) is 0.567. The van der Waals surface area contributed by atoms with Crippen molar-refractivity contribution in [3.05, 3.63) is 76.1 Å². The number of carbonyl (C=O) groups excluding carboxylic acids is 1. The van der Waals surface area contributed by atoms with Gasteiger partial charge in [0, 0.05) is 18.7 Å². The van der Waals surface area contributed by atoms with Crippen molar-refractivity contribution in [2.75, 3.05) is 7.11 Å². The largest absolute Gasteiger partial charge is 0.497 e. The Morgan fingerprint density at radius 3 is 2.67 bits per heavy atom. The molecule has 10 heteroatoms. The minimum Gasteiger partial charge on any atom is -0.497 e. The number of hydrogen-bond acceptors (Lipinski definition) is 5. The molecular weight excluding hydrogens is 425 g/mol. The number of carbonyl (C=O) groups is 1. The van der Waals surface area contributed by atoms with Crippen LogP contribution in [-0.4, -0.2) is 18.2 Å². The first-order valence-electron chi connectivity index (χ1n) is 8.63. The summed E-state index contributed by atoms with van der Waals surface area (Å²) in [5.74, 6) is 0.508. The number of halogens is 4. The Bertz CT molecular complexity index is 1040. The van der Waals surface area contributed by atoms with Gasteiger partial charge in [-0.1, -0.05) is 35.0 Å². The molecule has 0 radical (unpaired) electrons. The first-order chi connectivity index (χ1) is 14.3. The third-order valence-corrected chi connectivity index (χ3v) is 4.36. The number of methoxy groups -OCH3 is 1. The minimum atomic E-state index is -4.51. The van der Waals surface area contributed by atoms with Crippen molar-refractivity contribution in [3.8, 4) is 11.5 Å². The van der Waals surface area contributed by atoms with Crippen LogP contribution in [0.5, 0.6) is 11.5 Å². The van der Waals surface area contributed by atoms with Crippen molar-refractivity contribution in [1.82, 2.24) is 10.5 Å². The molecular formula is C20H16ClF3N2O4. The summed E-state index contributed by atoms with van der Waals surface area (Å²) in [6, 6.07) is 11.2. The lowest BCUT2D eigenvalue weighted by atomic mass is 10.1. The van der Waals surface area contributed by atoms with E-state index in [0.29, 0.717) is 16.5 Å². The molecule has 6 nitrogen and oxygen atoms in total. The molecule has 0 fully saturated rings. The SMILES string of the molecule is COc1ccc(OCc2cc(C(=O)NCc3ccccc3C(F)(F)F)no2)c(Cl)c1. The molecule has 3 rings (SSSR count). The lowest BCUT2D eigenvalue weighted by Crippen LogP contribution is -2.24. The van der Waals surface area contributed by atoms with Gasteiger partial charge in [-0.3, -0.25) is 4.79 Å². The normalized spacial score (nSPS) is 11.2. The maximum Gasteiger partial charge on any atom is 0.416 e. The van der Waals surface area contributed by atoms with E-state index in [0.717, 1.165) is 6.07 Å². The van der Waals surface area contributed by atoms with Crippen molar-refractivity contribution in [3.63, 3.8) is 0 Å². The van der Waals surface area contributed by atoms with E-state index in [9.17, 15) is 18.0 Å². The number of benzene rings is 2. The Balaban J connectivity index is 1.59. The van der Waals surface area contributed by atoms with E-state index in [4.69, 9.17) is 25.6 Å². The van der Waals surface area contributed by atoms with Gasteiger partial charge in [-0.15, -0.1) is 0 Å². The highest BCUT2D eigenvalue weighted by Gasteiger charge is 2.32. The van der Waals surface area contributed by atoms with E-state index >= 15 is 0 Å². The van der Waals surface area contributed by atoms with Crippen LogP contribution in [-0.2, 0) is 19.3 Å². The predicted molar refractivity (Wildman–Crippen MR) is 101 cm³/mol. The molecule has 30 heavy (non-hydrogen) atoms. The zero-order valence-corrected chi connectivity index (χ0v) is 16.4. The van der Waals surface area contributed by atoms with E-state index in [1.807, 2.05) is 0 Å². The van der Waals surface area contributed by atoms with Crippen molar-refractivity contribution in [2.45, 2.75) is 19.3 Å². The van der Waals surface area contributed by atoms with E-state index < -0.39 is 17.6 Å². The standard InChI is InChI=1S/C20H16ClF3N2O4/c1-28-13-6-7-18(16(21)8-13)29-11-14-9-17(26-30-14)19(27)25-10-12-4-2-3-5-15(12)20(22,23)24/h2-9H,10-11H2,1H3,(H,25,27). The molecule has 0 spiro atoms. The average Bonchev–Trinajstić information content (AvgIpc) is 3.19. The van der Waals surface area contributed by atoms with Gasteiger partial charge in [0.2, 0.25) is 0 Å². The molecule has 1 N–H and O–H groups in total. The molecule has 3 aromatic rings. The molecule has 0 saturated carbocycles. The van der Waals surface area contributed by atoms with Crippen LogP contribution in [0.3, 0.4) is 0 Å². The zero-order chi connectivity index (χ0) is 21.7. The predicted octanol–water partition coefficient (Wildman–Crippen LogP) is 4.86. The third-order valence-electron chi connectivity index (χ3n) is 4.06. The maximum absolute atomic E-state index is 13.0. The van der Waals surface area contributed by atoms with Gasteiger partial charge in [0.25, 0.3) is 5.91 Å². The van der Waals surface area contributed by atoms with Crippen LogP contribution in [0.2, 0.25) is 5.02 Å². The Labute approximate surface area is 174 Å². The van der Waals surface area contributed by atoms with Gasteiger partial charge in [-0.05, 0) is 23.8 Å². The molecule has 0 aliphatic carbocycles. The number of nitrogens with one attached hydrogen (secondary N) is 1. The molecule has 0 atom stereocenters. The molecule has 0 unspecified atom stereocenters. The first kappa shape index (κ1) is 21.5. The second kappa shape index (κ2) is 9.08. The van der Waals surface area contributed by atoms with E-state index in [1.165, 1.54) is 31.4 Å². The summed E-state index contributed by atoms with van der Waals surface area (Å²) >= 11 is 6.08. The lowest BCUT2D eigenvalue weighted by molar-refractivity contribution is -0.138. The number of aromatic nitrogens is 1. The molecule has 1 heterocycles. The van der Waals surface area contributed by atoms with Crippen molar-refractivity contribution in [1.29, 1.82) is 0 Å². The fraction of sp³-hybridized carbons (Fsp3) is 0.200. The topological polar surface area (TPSA) is 73.6 Å². The van der Waals surface area contributed by atoms with Gasteiger partial charge >= 0.3 is 6.18 Å². The monoisotopic (exact) mass is 440 g/mol. The molecule has 0 bridgehead atoms. The van der Waals surface area contributed by atoms with Crippen molar-refractivity contribution < 1.29 is 32.0 Å². The second-order valence-corrected chi connectivity index (χ2v) is 6.51. The highest BCUT2D eigenvalue weighted by molar-refractivity contribution is 6.32. The van der Waals surface area contributed by atoms with Gasteiger partial charge in [0.15, 0.2) is 11.5 Å². The van der Waals surface area contributed by atoms with Gasteiger partial charge in [-0.2, -0.15) is 13.2 Å². The summed E-state index contributed by atoms with van der Waals surface area (Å²) in [6.07, 6.45) is -4.51. The molecule has 158 valence electrons. The van der Waals surface area contributed by atoms with Gasteiger partial charge in [0.05, 0.1) is 17.7 Å². The molecule has 0 saturated heterocycles. The minimum absolute atomic E-state index is 0.0523. The van der Waals surface area contributed by atoms with Crippen molar-refractivity contribution in [2.24, 2.45) is 0 Å². The van der Waals surface area contributed by atoms with Gasteiger partial charge in [-0.25, -0.2) is 0 Å². The average molecular weight is 441 g/mol. The number of ether oxygens (including phenoxy) is 2. The number of alkyl halides is 3. The van der Waals surface area contributed by atoms with Crippen LogP contribution in [0.15, 0.2) is 53.1 Å². The molecule has 2 aromatic carbocycles. The Kier molecular flexibility index (Phi) is 6.51. The Morgan fingerprint density at radius 2 is 1.97 bits per heavy atom. The first-order valence-corrected chi connectivity index (χ1v) is 9.01. The van der Waals surface area contributed by atoms with Crippen LogP contribution in [0.25, 0.3) is 0 Å². The summed E-state index contributed by atoms with van der Waals surface area (Å²) in [5.41, 5.74) is -0.950. The summed E-state index contributed by atoms with van der Waals surface area (Å²) in [6.45, 7) is -0.363. The second-order valence-electron chi connectivity index (χ2n) is 6.10. The van der Waals surface area contributed by atoms with Gasteiger partial charge < -0.3 is 19.3 Å². The number of nitrogens with zero attached hydrogens (tertiary/aromatic N) is 1. The fourth-order valence-corrected chi connectivity index (χ4v) is 2.80. The van der Waals surface area contributed by atoms with Crippen LogP contribution < -0.4 is 14.8 Å². The molecule has 1 amide bonds. The summed E-state index contributed by atoms with van der Waals surface area (Å²) in [4.78, 5) is 12.2. The molecule has 0 aliphatic heterocycles. The summed E-state index contributed by atoms with van der Waals surface area (Å²) in [7, 11) is 1.51. The fourth-order valence-electron chi connectivity index (χ4n) is 2.58. The number of hydrogen-bond donors (Lipinski definition) is 1. The molecule has 0 aliphatic rings. The van der Waals surface area contributed by atoms with Crippen LogP contribution >= 0.6 is 11.6 Å². The van der Waals surface area contributed by atoms with Crippen LogP contribution in [0, 0.1) is 0 Å². The van der Waals surface area contributed by atoms with E-state index in [2.05, 4.69) is 10.5 Å². The molecule has 1 aromatic heterocycles. The summed E-state index contributed by atoms with van der Waals surface area (Å²) < 4.78 is 54.7. The van der Waals surface area contributed by atoms with E-state index in [1.54, 1.807) is 18.2 Å². The van der Waals surface area contributed by atoms with Gasteiger partial charge in [0.1, 0.15) is 18.1 Å². The lowest BCUT2D eigenvalue weighted by Gasteiger charge is -2.12. The third kappa shape index (κ3) is 5.24. The van der Waals surface area contributed by atoms with Crippen molar-refractivity contribution >= 4 is 17.5 Å². The summed E-state index contributed by atoms with van der Waals surface area (Å²) in [5, 5.41) is 6.35. The highest BCUT2D eigenvalue weighted by Crippen LogP contribution is 2.32. The Morgan fingerprint density at radius 1 is 1.20 bits per heavy atom. The maximum atomic E-state index is 13.0. The number of rotatable bonds is 7. The van der Waals surface area contributed by atoms with Crippen LogP contribution in [0.4, 0.5) is 13.2 Å². The van der Waals surface area contributed by atoms with Crippen LogP contribution in [0.1, 0.15) is 27.4 Å². The number of amides is 1. The smallest absolute Gasteiger partial charge is 0.416 e. The highest BCUT2D eigenvalue weighted by atomic mass is 35.5.